The first-order chi connectivity index (χ1) is 9.89. The van der Waals surface area contributed by atoms with E-state index in [9.17, 15) is 8.42 Å². The molecule has 0 aromatic heterocycles. The maximum absolute atomic E-state index is 12.6. The molecule has 0 heterocycles. The topological polar surface area (TPSA) is 70.0 Å². The monoisotopic (exact) mass is 306 g/mol. The molecule has 1 saturated carbocycles. The van der Waals surface area contributed by atoms with Crippen LogP contribution in [0.2, 0.25) is 0 Å². The molecule has 1 aliphatic rings. The normalized spacial score (nSPS) is 25.7. The summed E-state index contributed by atoms with van der Waals surface area (Å²) in [6, 6.07) is 6.72. The molecule has 0 radical (unpaired) electrons. The minimum absolute atomic E-state index is 0.00925. The summed E-state index contributed by atoms with van der Waals surface area (Å²) in [5, 5.41) is 8.86. The second-order valence-corrected chi connectivity index (χ2v) is 7.61. The lowest BCUT2D eigenvalue weighted by molar-refractivity contribution is 0.368. The molecule has 1 aliphatic carbocycles. The van der Waals surface area contributed by atoms with Gasteiger partial charge in [-0.3, -0.25) is 0 Å². The van der Waals surface area contributed by atoms with E-state index >= 15 is 0 Å². The number of hydrogen-bond donors (Lipinski definition) is 1. The van der Waals surface area contributed by atoms with Gasteiger partial charge in [-0.05, 0) is 55.4 Å². The van der Waals surface area contributed by atoms with E-state index in [0.717, 1.165) is 19.3 Å². The van der Waals surface area contributed by atoms with E-state index in [1.807, 2.05) is 6.07 Å². The zero-order valence-corrected chi connectivity index (χ0v) is 13.6. The highest BCUT2D eigenvalue weighted by Gasteiger charge is 2.34. The fourth-order valence-electron chi connectivity index (χ4n) is 3.27. The summed E-state index contributed by atoms with van der Waals surface area (Å²) in [7, 11) is -3.52. The molecule has 21 heavy (non-hydrogen) atoms. The Morgan fingerprint density at radius 1 is 1.38 bits per heavy atom. The molecule has 3 unspecified atom stereocenters. The second kappa shape index (κ2) is 6.17. The quantitative estimate of drug-likeness (QED) is 0.929. The number of nitriles is 1. The van der Waals surface area contributed by atoms with E-state index in [1.54, 1.807) is 19.1 Å². The van der Waals surface area contributed by atoms with Crippen LogP contribution in [0.15, 0.2) is 23.1 Å². The molecule has 0 aliphatic heterocycles. The molecule has 0 amide bonds. The van der Waals surface area contributed by atoms with E-state index in [2.05, 4.69) is 18.6 Å². The number of hydrogen-bond acceptors (Lipinski definition) is 3. The average Bonchev–Trinajstić information content (AvgIpc) is 2.78. The van der Waals surface area contributed by atoms with Gasteiger partial charge in [0.1, 0.15) is 0 Å². The standard InChI is InChI=1S/C16H22N2O2S/c1-4-14-6-7-15(12(14)3)18-21(19,20)16-8-5-13(10-17)9-11(16)2/h5,8-9,12,14-15,18H,4,6-7H2,1-3H3. The first kappa shape index (κ1) is 16.0. The fraction of sp³-hybridized carbons (Fsp3) is 0.562. The van der Waals surface area contributed by atoms with Crippen LogP contribution in [-0.4, -0.2) is 14.5 Å². The molecule has 3 atom stereocenters. The minimum Gasteiger partial charge on any atom is -0.208 e. The molecule has 0 spiro atoms. The second-order valence-electron chi connectivity index (χ2n) is 5.92. The molecule has 1 fully saturated rings. The lowest BCUT2D eigenvalue weighted by Crippen LogP contribution is -2.37. The number of sulfonamides is 1. The zero-order chi connectivity index (χ0) is 15.6. The van der Waals surface area contributed by atoms with Crippen LogP contribution >= 0.6 is 0 Å². The van der Waals surface area contributed by atoms with Gasteiger partial charge >= 0.3 is 0 Å². The van der Waals surface area contributed by atoms with E-state index in [-0.39, 0.29) is 10.9 Å². The molecular weight excluding hydrogens is 284 g/mol. The Morgan fingerprint density at radius 2 is 2.10 bits per heavy atom. The third kappa shape index (κ3) is 3.28. The Morgan fingerprint density at radius 3 is 2.62 bits per heavy atom. The number of benzene rings is 1. The first-order valence-electron chi connectivity index (χ1n) is 7.42. The number of rotatable bonds is 4. The maximum atomic E-state index is 12.6. The molecule has 5 heteroatoms. The van der Waals surface area contributed by atoms with Crippen molar-refractivity contribution in [1.29, 1.82) is 5.26 Å². The summed E-state index contributed by atoms with van der Waals surface area (Å²) in [6.45, 7) is 6.01. The van der Waals surface area contributed by atoms with Crippen LogP contribution in [0.25, 0.3) is 0 Å². The van der Waals surface area contributed by atoms with Crippen LogP contribution < -0.4 is 4.72 Å². The third-order valence-corrected chi connectivity index (χ3v) is 6.30. The summed E-state index contributed by atoms with van der Waals surface area (Å²) in [4.78, 5) is 0.272. The van der Waals surface area contributed by atoms with Crippen LogP contribution in [-0.2, 0) is 10.0 Å². The summed E-state index contributed by atoms with van der Waals surface area (Å²) < 4.78 is 28.0. The highest BCUT2D eigenvalue weighted by Crippen LogP contribution is 2.34. The van der Waals surface area contributed by atoms with Gasteiger partial charge in [0.2, 0.25) is 10.0 Å². The molecule has 1 N–H and O–H groups in total. The summed E-state index contributed by atoms with van der Waals surface area (Å²) in [5.74, 6) is 0.961. The summed E-state index contributed by atoms with van der Waals surface area (Å²) in [5.41, 5.74) is 1.09. The maximum Gasteiger partial charge on any atom is 0.241 e. The van der Waals surface area contributed by atoms with Gasteiger partial charge in [0.05, 0.1) is 16.5 Å². The van der Waals surface area contributed by atoms with Crippen molar-refractivity contribution in [2.24, 2.45) is 11.8 Å². The Balaban J connectivity index is 2.22. The van der Waals surface area contributed by atoms with Gasteiger partial charge in [0.25, 0.3) is 0 Å². The molecule has 1 aromatic rings. The largest absolute Gasteiger partial charge is 0.241 e. The SMILES string of the molecule is CCC1CCC(NS(=O)(=O)c2ccc(C#N)cc2C)C1C. The van der Waals surface area contributed by atoms with Crippen molar-refractivity contribution >= 4 is 10.0 Å². The van der Waals surface area contributed by atoms with Gasteiger partial charge < -0.3 is 0 Å². The van der Waals surface area contributed by atoms with Crippen molar-refractivity contribution < 1.29 is 8.42 Å². The van der Waals surface area contributed by atoms with Crippen molar-refractivity contribution in [1.82, 2.24) is 4.72 Å². The van der Waals surface area contributed by atoms with Crippen molar-refractivity contribution in [3.63, 3.8) is 0 Å². The molecule has 0 saturated heterocycles. The van der Waals surface area contributed by atoms with Gasteiger partial charge in [0, 0.05) is 6.04 Å². The van der Waals surface area contributed by atoms with Crippen LogP contribution in [0, 0.1) is 30.1 Å². The Hall–Kier alpha value is -1.38. The highest BCUT2D eigenvalue weighted by atomic mass is 32.2. The van der Waals surface area contributed by atoms with Crippen LogP contribution in [0.4, 0.5) is 0 Å². The van der Waals surface area contributed by atoms with E-state index in [4.69, 9.17) is 5.26 Å². The minimum atomic E-state index is -3.52. The van der Waals surface area contributed by atoms with Gasteiger partial charge in [-0.1, -0.05) is 20.3 Å². The molecule has 114 valence electrons. The van der Waals surface area contributed by atoms with Gasteiger partial charge in [0.15, 0.2) is 0 Å². The van der Waals surface area contributed by atoms with Gasteiger partial charge in [-0.2, -0.15) is 5.26 Å². The highest BCUT2D eigenvalue weighted by molar-refractivity contribution is 7.89. The number of nitrogens with one attached hydrogen (secondary N) is 1. The van der Waals surface area contributed by atoms with E-state index in [0.29, 0.717) is 23.0 Å². The van der Waals surface area contributed by atoms with Crippen LogP contribution in [0.3, 0.4) is 0 Å². The Kier molecular flexibility index (Phi) is 4.70. The van der Waals surface area contributed by atoms with Crippen LogP contribution in [0.1, 0.15) is 44.2 Å². The third-order valence-electron chi connectivity index (χ3n) is 4.65. The van der Waals surface area contributed by atoms with Gasteiger partial charge in [-0.15, -0.1) is 0 Å². The Bertz CT molecular complexity index is 661. The Labute approximate surface area is 127 Å². The fourth-order valence-corrected chi connectivity index (χ4v) is 4.86. The average molecular weight is 306 g/mol. The predicted molar refractivity (Wildman–Crippen MR) is 82.2 cm³/mol. The van der Waals surface area contributed by atoms with Crippen molar-refractivity contribution in [3.05, 3.63) is 29.3 Å². The molecule has 1 aromatic carbocycles. The van der Waals surface area contributed by atoms with Crippen molar-refractivity contribution in [2.45, 2.75) is 51.0 Å². The number of aryl methyl sites for hydroxylation is 1. The summed E-state index contributed by atoms with van der Waals surface area (Å²) >= 11 is 0. The first-order valence-corrected chi connectivity index (χ1v) is 8.90. The lowest BCUT2D eigenvalue weighted by Gasteiger charge is -2.21. The molecule has 4 nitrogen and oxygen atoms in total. The smallest absolute Gasteiger partial charge is 0.208 e. The number of nitrogens with zero attached hydrogens (tertiary/aromatic N) is 1. The van der Waals surface area contributed by atoms with Crippen molar-refractivity contribution in [3.8, 4) is 6.07 Å². The van der Waals surface area contributed by atoms with E-state index in [1.165, 1.54) is 6.07 Å². The summed E-state index contributed by atoms with van der Waals surface area (Å²) in [6.07, 6.45) is 3.07. The van der Waals surface area contributed by atoms with Gasteiger partial charge in [-0.25, -0.2) is 13.1 Å². The predicted octanol–water partition coefficient (Wildman–Crippen LogP) is 2.97. The van der Waals surface area contributed by atoms with E-state index < -0.39 is 10.0 Å². The van der Waals surface area contributed by atoms with Crippen molar-refractivity contribution in [2.75, 3.05) is 0 Å². The van der Waals surface area contributed by atoms with Crippen LogP contribution in [0.5, 0.6) is 0 Å². The zero-order valence-electron chi connectivity index (χ0n) is 12.8. The molecular formula is C16H22N2O2S. The molecule has 0 bridgehead atoms. The lowest BCUT2D eigenvalue weighted by atomic mass is 9.94. The molecule has 2 rings (SSSR count).